The maximum Gasteiger partial charge on any atom is 0.246 e. The molecule has 0 spiro atoms. The number of rotatable bonds is 2. The third-order valence-corrected chi connectivity index (χ3v) is 5.76. The van der Waals surface area contributed by atoms with Crippen LogP contribution in [0, 0.1) is 0 Å². The van der Waals surface area contributed by atoms with Crippen LogP contribution in [-0.4, -0.2) is 40.8 Å². The molecule has 3 aromatic rings. The molecular formula is C23H22N4O3. The number of furan rings is 1. The molecule has 0 fully saturated rings. The molecule has 2 amide bonds. The summed E-state index contributed by atoms with van der Waals surface area (Å²) in [5, 5.41) is 3.84. The number of nitrogens with one attached hydrogen (secondary N) is 1. The summed E-state index contributed by atoms with van der Waals surface area (Å²) in [6.07, 6.45) is 6.91. The smallest absolute Gasteiger partial charge is 0.246 e. The number of hydrogen-bond acceptors (Lipinski definition) is 5. The number of para-hydroxylation sites is 1. The predicted molar refractivity (Wildman–Crippen MR) is 114 cm³/mol. The number of amides is 2. The van der Waals surface area contributed by atoms with E-state index in [1.807, 2.05) is 29.2 Å². The number of nitrogens with two attached hydrogens (primary N) is 1. The van der Waals surface area contributed by atoms with Gasteiger partial charge in [-0.15, -0.1) is 0 Å². The molecule has 0 saturated heterocycles. The van der Waals surface area contributed by atoms with Gasteiger partial charge in [0.1, 0.15) is 17.2 Å². The van der Waals surface area contributed by atoms with Crippen molar-refractivity contribution < 1.29 is 14.0 Å². The van der Waals surface area contributed by atoms with Crippen molar-refractivity contribution in [2.24, 2.45) is 5.73 Å². The summed E-state index contributed by atoms with van der Waals surface area (Å²) in [5.41, 5.74) is 9.62. The minimum atomic E-state index is -0.570. The number of carbonyl (C=O) groups is 2. The van der Waals surface area contributed by atoms with Gasteiger partial charge in [-0.25, -0.2) is 4.98 Å². The summed E-state index contributed by atoms with van der Waals surface area (Å²) in [6.45, 7) is 1.28. The average Bonchev–Trinajstić information content (AvgIpc) is 2.97. The zero-order valence-electron chi connectivity index (χ0n) is 16.4. The predicted octanol–water partition coefficient (Wildman–Crippen LogP) is 2.29. The van der Waals surface area contributed by atoms with Gasteiger partial charge in [0.25, 0.3) is 0 Å². The molecule has 0 bridgehead atoms. The first-order valence-corrected chi connectivity index (χ1v) is 10.1. The van der Waals surface area contributed by atoms with E-state index in [4.69, 9.17) is 10.2 Å². The molecule has 1 atom stereocenters. The molecule has 152 valence electrons. The van der Waals surface area contributed by atoms with Crippen molar-refractivity contribution >= 4 is 34.7 Å². The number of benzene rings is 1. The average molecular weight is 402 g/mol. The molecule has 4 heterocycles. The van der Waals surface area contributed by atoms with Gasteiger partial charge in [0.05, 0.1) is 6.04 Å². The van der Waals surface area contributed by atoms with Gasteiger partial charge in [0.15, 0.2) is 0 Å². The lowest BCUT2D eigenvalue weighted by atomic mass is 10.0. The lowest BCUT2D eigenvalue weighted by molar-refractivity contribution is -0.125. The first-order chi connectivity index (χ1) is 14.6. The van der Waals surface area contributed by atoms with Crippen LogP contribution in [0.3, 0.4) is 0 Å². The Kier molecular flexibility index (Phi) is 4.59. The molecule has 1 unspecified atom stereocenters. The Hall–Kier alpha value is -3.45. The zero-order chi connectivity index (χ0) is 20.7. The quantitative estimate of drug-likeness (QED) is 0.641. The molecule has 3 N–H and O–H groups in total. The summed E-state index contributed by atoms with van der Waals surface area (Å²) >= 11 is 0. The van der Waals surface area contributed by atoms with E-state index in [0.29, 0.717) is 31.7 Å². The Morgan fingerprint density at radius 1 is 1.27 bits per heavy atom. The third-order valence-electron chi connectivity index (χ3n) is 5.76. The summed E-state index contributed by atoms with van der Waals surface area (Å²) in [5.74, 6) is 1.26. The highest BCUT2D eigenvalue weighted by molar-refractivity contribution is 5.97. The van der Waals surface area contributed by atoms with Crippen LogP contribution in [0.5, 0.6) is 0 Å². The molecule has 0 radical (unpaired) electrons. The number of fused-ring (bicyclic) bond motifs is 4. The van der Waals surface area contributed by atoms with E-state index in [1.165, 1.54) is 5.56 Å². The van der Waals surface area contributed by atoms with Gasteiger partial charge in [0, 0.05) is 49.2 Å². The Labute approximate surface area is 173 Å². The largest absolute Gasteiger partial charge is 0.461 e. The van der Waals surface area contributed by atoms with Gasteiger partial charge < -0.3 is 20.4 Å². The van der Waals surface area contributed by atoms with Crippen molar-refractivity contribution in [2.45, 2.75) is 25.3 Å². The fourth-order valence-corrected chi connectivity index (χ4v) is 4.14. The molecule has 5 rings (SSSR count). The number of nitrogens with zero attached hydrogens (tertiary/aromatic N) is 2. The van der Waals surface area contributed by atoms with Gasteiger partial charge >= 0.3 is 0 Å². The van der Waals surface area contributed by atoms with Crippen LogP contribution < -0.4 is 11.1 Å². The van der Waals surface area contributed by atoms with Gasteiger partial charge in [-0.05, 0) is 35.8 Å². The maximum atomic E-state index is 12.8. The normalized spacial score (nSPS) is 18.8. The summed E-state index contributed by atoms with van der Waals surface area (Å²) in [4.78, 5) is 30.5. The number of carbonyl (C=O) groups excluding carboxylic acids is 2. The van der Waals surface area contributed by atoms with Crippen LogP contribution in [0.2, 0.25) is 0 Å². The van der Waals surface area contributed by atoms with Gasteiger partial charge in [-0.3, -0.25) is 9.59 Å². The number of hydrogen-bond donors (Lipinski definition) is 2. The molecule has 2 aromatic heterocycles. The molecule has 7 nitrogen and oxygen atoms in total. The van der Waals surface area contributed by atoms with Crippen molar-refractivity contribution in [1.29, 1.82) is 0 Å². The van der Waals surface area contributed by atoms with E-state index < -0.39 is 6.04 Å². The Morgan fingerprint density at radius 2 is 2.10 bits per heavy atom. The minimum Gasteiger partial charge on any atom is -0.461 e. The molecule has 1 aromatic carbocycles. The molecule has 0 saturated carbocycles. The topological polar surface area (TPSA) is 101 Å². The Morgan fingerprint density at radius 3 is 3.00 bits per heavy atom. The molecule has 30 heavy (non-hydrogen) atoms. The van der Waals surface area contributed by atoms with E-state index in [0.717, 1.165) is 34.3 Å². The van der Waals surface area contributed by atoms with Crippen LogP contribution in [-0.2, 0) is 28.9 Å². The van der Waals surface area contributed by atoms with Crippen LogP contribution in [0.25, 0.3) is 17.0 Å². The maximum absolute atomic E-state index is 12.8. The van der Waals surface area contributed by atoms with Crippen molar-refractivity contribution in [3.8, 4) is 0 Å². The Bertz CT molecular complexity index is 1180. The molecule has 2 aliphatic rings. The second kappa shape index (κ2) is 7.42. The fourth-order valence-electron chi connectivity index (χ4n) is 4.14. The van der Waals surface area contributed by atoms with E-state index in [-0.39, 0.29) is 11.8 Å². The third kappa shape index (κ3) is 3.37. The summed E-state index contributed by atoms with van der Waals surface area (Å²) in [7, 11) is 0. The first-order valence-electron chi connectivity index (χ1n) is 10.1. The molecular weight excluding hydrogens is 380 g/mol. The summed E-state index contributed by atoms with van der Waals surface area (Å²) < 4.78 is 5.99. The standard InChI is InChI=1S/C23H22N4O3/c24-18-12-15-11-14(13-25-22(15)26-23(18)29)5-6-21(28)27-9-7-17-16-3-1-2-4-19(16)30-20(17)8-10-27/h1-6,11,13,18H,7-10,12,24H2,(H,25,26,29)/b6-5+. The lowest BCUT2D eigenvalue weighted by Crippen LogP contribution is -2.41. The van der Waals surface area contributed by atoms with E-state index in [1.54, 1.807) is 18.3 Å². The monoisotopic (exact) mass is 402 g/mol. The second-order valence-electron chi connectivity index (χ2n) is 7.73. The highest BCUT2D eigenvalue weighted by atomic mass is 16.3. The SMILES string of the molecule is NC1Cc2cc(/C=C/C(=O)N3CCc4oc5ccccc5c4CC3)cnc2NC1=O. The highest BCUT2D eigenvalue weighted by Gasteiger charge is 2.24. The van der Waals surface area contributed by atoms with Crippen molar-refractivity contribution in [2.75, 3.05) is 18.4 Å². The first kappa shape index (κ1) is 18.6. The van der Waals surface area contributed by atoms with Gasteiger partial charge in [-0.1, -0.05) is 18.2 Å². The van der Waals surface area contributed by atoms with Gasteiger partial charge in [-0.2, -0.15) is 0 Å². The number of aromatic nitrogens is 1. The van der Waals surface area contributed by atoms with Crippen molar-refractivity contribution in [3.63, 3.8) is 0 Å². The summed E-state index contributed by atoms with van der Waals surface area (Å²) in [6, 6.07) is 9.39. The van der Waals surface area contributed by atoms with Crippen LogP contribution in [0.1, 0.15) is 22.5 Å². The van der Waals surface area contributed by atoms with Crippen molar-refractivity contribution in [3.05, 3.63) is 65.1 Å². The molecule has 2 aliphatic heterocycles. The van der Waals surface area contributed by atoms with E-state index in [9.17, 15) is 9.59 Å². The highest BCUT2D eigenvalue weighted by Crippen LogP contribution is 2.29. The number of anilines is 1. The van der Waals surface area contributed by atoms with Gasteiger partial charge in [0.2, 0.25) is 11.8 Å². The number of pyridine rings is 1. The van der Waals surface area contributed by atoms with Crippen LogP contribution >= 0.6 is 0 Å². The van der Waals surface area contributed by atoms with E-state index in [2.05, 4.69) is 16.4 Å². The molecule has 0 aliphatic carbocycles. The fraction of sp³-hybridized carbons (Fsp3) is 0.261. The zero-order valence-corrected chi connectivity index (χ0v) is 16.4. The minimum absolute atomic E-state index is 0.0350. The second-order valence-corrected chi connectivity index (χ2v) is 7.73. The lowest BCUT2D eigenvalue weighted by Gasteiger charge is -2.21. The van der Waals surface area contributed by atoms with Crippen molar-refractivity contribution in [1.82, 2.24) is 9.88 Å². The molecule has 7 heteroatoms. The van der Waals surface area contributed by atoms with Crippen LogP contribution in [0.4, 0.5) is 5.82 Å². The van der Waals surface area contributed by atoms with E-state index >= 15 is 0 Å². The Balaban J connectivity index is 1.28. The van der Waals surface area contributed by atoms with Crippen LogP contribution in [0.15, 0.2) is 47.0 Å².